The fourth-order valence-corrected chi connectivity index (χ4v) is 0.962. The van der Waals surface area contributed by atoms with E-state index in [1.54, 1.807) is 25.1 Å². The first-order valence-electron chi connectivity index (χ1n) is 3.46. The summed E-state index contributed by atoms with van der Waals surface area (Å²) in [6.45, 7) is 1.57. The first-order chi connectivity index (χ1) is 5.61. The maximum absolute atomic E-state index is 10.5. The number of nitrogens with zero attached hydrogens (tertiary/aromatic N) is 1. The second-order valence-electron chi connectivity index (χ2n) is 2.45. The summed E-state index contributed by atoms with van der Waals surface area (Å²) in [5, 5.41) is 8.96. The molecule has 0 aliphatic heterocycles. The van der Waals surface area contributed by atoms with Crippen molar-refractivity contribution in [3.63, 3.8) is 0 Å². The highest BCUT2D eigenvalue weighted by molar-refractivity contribution is 6.29. The van der Waals surface area contributed by atoms with E-state index in [1.165, 1.54) is 0 Å². The zero-order valence-electron chi connectivity index (χ0n) is 6.49. The molecule has 12 heavy (non-hydrogen) atoms. The molecule has 0 aromatic carbocycles. The SMILES string of the molecule is CC(C(=O)O)c1cccc(Cl)n1. The zero-order valence-corrected chi connectivity index (χ0v) is 7.25. The lowest BCUT2D eigenvalue weighted by molar-refractivity contribution is -0.138. The second kappa shape index (κ2) is 3.54. The van der Waals surface area contributed by atoms with Crippen LogP contribution in [0, 0.1) is 0 Å². The minimum Gasteiger partial charge on any atom is -0.481 e. The average molecular weight is 186 g/mol. The van der Waals surface area contributed by atoms with Gasteiger partial charge in [-0.3, -0.25) is 4.79 Å². The molecule has 1 aromatic rings. The first-order valence-corrected chi connectivity index (χ1v) is 3.84. The fraction of sp³-hybridized carbons (Fsp3) is 0.250. The number of hydrogen-bond acceptors (Lipinski definition) is 2. The van der Waals surface area contributed by atoms with E-state index < -0.39 is 11.9 Å². The predicted molar refractivity (Wildman–Crippen MR) is 45.3 cm³/mol. The molecule has 1 unspecified atom stereocenters. The predicted octanol–water partition coefficient (Wildman–Crippen LogP) is 1.92. The summed E-state index contributed by atoms with van der Waals surface area (Å²) < 4.78 is 0. The molecule has 1 atom stereocenters. The van der Waals surface area contributed by atoms with Crippen molar-refractivity contribution in [2.75, 3.05) is 0 Å². The van der Waals surface area contributed by atoms with Gasteiger partial charge in [-0.15, -0.1) is 0 Å². The molecule has 0 spiro atoms. The number of pyridine rings is 1. The van der Waals surface area contributed by atoms with Crippen molar-refractivity contribution < 1.29 is 9.90 Å². The summed E-state index contributed by atoms with van der Waals surface area (Å²) in [5.74, 6) is -1.51. The van der Waals surface area contributed by atoms with Crippen LogP contribution in [-0.4, -0.2) is 16.1 Å². The summed E-state index contributed by atoms with van der Waals surface area (Å²) in [6.07, 6.45) is 0. The molecular weight excluding hydrogens is 178 g/mol. The highest BCUT2D eigenvalue weighted by Crippen LogP contribution is 2.14. The van der Waals surface area contributed by atoms with E-state index in [4.69, 9.17) is 16.7 Å². The van der Waals surface area contributed by atoms with Crippen molar-refractivity contribution in [3.8, 4) is 0 Å². The average Bonchev–Trinajstić information content (AvgIpc) is 2.03. The Morgan fingerprint density at radius 3 is 2.83 bits per heavy atom. The molecule has 64 valence electrons. The summed E-state index contributed by atoms with van der Waals surface area (Å²) in [5.41, 5.74) is 0.481. The molecule has 0 saturated carbocycles. The molecule has 0 aliphatic rings. The van der Waals surface area contributed by atoms with Gasteiger partial charge in [-0.1, -0.05) is 17.7 Å². The molecule has 1 N–H and O–H groups in total. The normalized spacial score (nSPS) is 12.5. The Bertz CT molecular complexity index is 301. The van der Waals surface area contributed by atoms with Gasteiger partial charge in [0.2, 0.25) is 0 Å². The molecule has 4 heteroatoms. The monoisotopic (exact) mass is 185 g/mol. The highest BCUT2D eigenvalue weighted by Gasteiger charge is 2.14. The van der Waals surface area contributed by atoms with E-state index in [0.717, 1.165) is 0 Å². The minimum atomic E-state index is -0.898. The van der Waals surface area contributed by atoms with E-state index >= 15 is 0 Å². The lowest BCUT2D eigenvalue weighted by Gasteiger charge is -2.04. The number of aromatic nitrogens is 1. The first kappa shape index (κ1) is 9.00. The Hall–Kier alpha value is -1.09. The van der Waals surface area contributed by atoms with Crippen LogP contribution in [0.25, 0.3) is 0 Å². The second-order valence-corrected chi connectivity index (χ2v) is 2.83. The van der Waals surface area contributed by atoms with Crippen LogP contribution in [0.3, 0.4) is 0 Å². The van der Waals surface area contributed by atoms with Crippen LogP contribution in [-0.2, 0) is 4.79 Å². The molecule has 0 aliphatic carbocycles. The lowest BCUT2D eigenvalue weighted by Crippen LogP contribution is -2.08. The number of carboxylic acids is 1. The van der Waals surface area contributed by atoms with Gasteiger partial charge in [0.05, 0.1) is 11.6 Å². The topological polar surface area (TPSA) is 50.2 Å². The molecule has 1 heterocycles. The van der Waals surface area contributed by atoms with E-state index in [9.17, 15) is 4.79 Å². The molecule has 0 fully saturated rings. The summed E-state index contributed by atoms with van der Waals surface area (Å²) in [7, 11) is 0. The zero-order chi connectivity index (χ0) is 9.14. The van der Waals surface area contributed by atoms with E-state index in [0.29, 0.717) is 10.8 Å². The molecule has 0 bridgehead atoms. The van der Waals surface area contributed by atoms with Crippen LogP contribution >= 0.6 is 11.6 Å². The van der Waals surface area contributed by atoms with Gasteiger partial charge in [-0.2, -0.15) is 0 Å². The Morgan fingerprint density at radius 1 is 1.67 bits per heavy atom. The summed E-state index contributed by atoms with van der Waals surface area (Å²) in [4.78, 5) is 14.4. The number of hydrogen-bond donors (Lipinski definition) is 1. The Labute approximate surface area is 75.0 Å². The number of aliphatic carboxylic acids is 1. The maximum Gasteiger partial charge on any atom is 0.312 e. The fourth-order valence-electron chi connectivity index (χ4n) is 0.792. The smallest absolute Gasteiger partial charge is 0.312 e. The third kappa shape index (κ3) is 1.95. The molecule has 1 rings (SSSR count). The van der Waals surface area contributed by atoms with Crippen molar-refractivity contribution in [3.05, 3.63) is 29.0 Å². The van der Waals surface area contributed by atoms with Crippen molar-refractivity contribution in [2.24, 2.45) is 0 Å². The van der Waals surface area contributed by atoms with E-state index in [1.807, 2.05) is 0 Å². The van der Waals surface area contributed by atoms with Gasteiger partial charge >= 0.3 is 5.97 Å². The van der Waals surface area contributed by atoms with Crippen molar-refractivity contribution >= 4 is 17.6 Å². The van der Waals surface area contributed by atoms with Crippen LogP contribution in [0.4, 0.5) is 0 Å². The van der Waals surface area contributed by atoms with Crippen LogP contribution in [0.2, 0.25) is 5.15 Å². The van der Waals surface area contributed by atoms with Crippen LogP contribution in [0.5, 0.6) is 0 Å². The number of halogens is 1. The van der Waals surface area contributed by atoms with Crippen molar-refractivity contribution in [1.82, 2.24) is 4.98 Å². The molecule has 0 radical (unpaired) electrons. The minimum absolute atomic E-state index is 0.320. The summed E-state index contributed by atoms with van der Waals surface area (Å²) >= 11 is 5.59. The molecule has 0 saturated heterocycles. The van der Waals surface area contributed by atoms with Gasteiger partial charge in [0.25, 0.3) is 0 Å². The third-order valence-electron chi connectivity index (χ3n) is 1.55. The number of carbonyl (C=O) groups is 1. The number of carboxylic acid groups (broad SMARTS) is 1. The van der Waals surface area contributed by atoms with Gasteiger partial charge in [0.1, 0.15) is 5.15 Å². The van der Waals surface area contributed by atoms with Crippen LogP contribution in [0.1, 0.15) is 18.5 Å². The standard InChI is InChI=1S/C8H8ClNO2/c1-5(8(11)12)6-3-2-4-7(9)10-6/h2-5H,1H3,(H,11,12). The molecule has 3 nitrogen and oxygen atoms in total. The lowest BCUT2D eigenvalue weighted by atomic mass is 10.1. The Balaban J connectivity index is 2.95. The quantitative estimate of drug-likeness (QED) is 0.717. The Kier molecular flexibility index (Phi) is 2.65. The van der Waals surface area contributed by atoms with Crippen molar-refractivity contribution in [2.45, 2.75) is 12.8 Å². The van der Waals surface area contributed by atoms with E-state index in [2.05, 4.69) is 4.98 Å². The maximum atomic E-state index is 10.5. The van der Waals surface area contributed by atoms with Crippen LogP contribution < -0.4 is 0 Å². The molecule has 0 amide bonds. The summed E-state index contributed by atoms with van der Waals surface area (Å²) in [6, 6.07) is 4.94. The van der Waals surface area contributed by atoms with Crippen LogP contribution in [0.15, 0.2) is 18.2 Å². The highest BCUT2D eigenvalue weighted by atomic mass is 35.5. The van der Waals surface area contributed by atoms with Crippen molar-refractivity contribution in [1.29, 1.82) is 0 Å². The largest absolute Gasteiger partial charge is 0.481 e. The molecular formula is C8H8ClNO2. The van der Waals surface area contributed by atoms with Gasteiger partial charge < -0.3 is 5.11 Å². The van der Waals surface area contributed by atoms with Gasteiger partial charge in [-0.25, -0.2) is 4.98 Å². The van der Waals surface area contributed by atoms with Gasteiger partial charge in [-0.05, 0) is 19.1 Å². The number of rotatable bonds is 2. The van der Waals surface area contributed by atoms with Gasteiger partial charge in [0, 0.05) is 0 Å². The third-order valence-corrected chi connectivity index (χ3v) is 1.76. The van der Waals surface area contributed by atoms with Gasteiger partial charge in [0.15, 0.2) is 0 Å². The Morgan fingerprint density at radius 2 is 2.33 bits per heavy atom. The molecule has 1 aromatic heterocycles. The van der Waals surface area contributed by atoms with E-state index in [-0.39, 0.29) is 0 Å².